The first-order valence-corrected chi connectivity index (χ1v) is 6.75. The van der Waals surface area contributed by atoms with Crippen LogP contribution in [0, 0.1) is 11.8 Å². The normalized spacial score (nSPS) is 19.7. The van der Waals surface area contributed by atoms with Gasteiger partial charge in [0.1, 0.15) is 0 Å². The van der Waals surface area contributed by atoms with E-state index in [1.165, 1.54) is 0 Å². The Morgan fingerprint density at radius 1 is 1.26 bits per heavy atom. The first kappa shape index (κ1) is 13.5. The van der Waals surface area contributed by atoms with Crippen molar-refractivity contribution in [1.29, 1.82) is 0 Å². The number of benzene rings is 1. The number of hydrogen-bond acceptors (Lipinski definition) is 2. The van der Waals surface area contributed by atoms with E-state index in [9.17, 15) is 9.59 Å². The minimum atomic E-state index is -0.322. The molecule has 2 unspecified atom stereocenters. The molecule has 19 heavy (non-hydrogen) atoms. The van der Waals surface area contributed by atoms with Crippen LogP contribution in [0.3, 0.4) is 0 Å². The average molecular weight is 257 g/mol. The molecule has 3 nitrogen and oxygen atoms in total. The van der Waals surface area contributed by atoms with Crippen molar-refractivity contribution in [2.24, 2.45) is 11.8 Å². The topological polar surface area (TPSA) is 46.2 Å². The Bertz CT molecular complexity index is 479. The van der Waals surface area contributed by atoms with Crippen LogP contribution < -0.4 is 5.32 Å². The Morgan fingerprint density at radius 2 is 2.00 bits per heavy atom. The van der Waals surface area contributed by atoms with Crippen molar-refractivity contribution in [2.75, 3.05) is 0 Å². The lowest BCUT2D eigenvalue weighted by atomic mass is 9.85. The zero-order chi connectivity index (χ0) is 13.7. The summed E-state index contributed by atoms with van der Waals surface area (Å²) in [6.45, 7) is 1.88. The van der Waals surface area contributed by atoms with E-state index in [-0.39, 0.29) is 23.7 Å². The first-order valence-electron chi connectivity index (χ1n) is 6.75. The molecule has 0 fully saturated rings. The summed E-state index contributed by atoms with van der Waals surface area (Å²) in [5.41, 5.74) is 0.516. The standard InChI is InChI=1S/C16H19NO2/c1-12(13-8-4-2-5-9-13)15(18)17-16(19)14-10-6-3-7-11-14/h3-4,6-8,10-13H,2,5,9H2,1H3,(H,17,18,19). The Morgan fingerprint density at radius 3 is 2.63 bits per heavy atom. The zero-order valence-corrected chi connectivity index (χ0v) is 11.1. The van der Waals surface area contributed by atoms with E-state index < -0.39 is 0 Å². The fourth-order valence-corrected chi connectivity index (χ4v) is 2.34. The third kappa shape index (κ3) is 3.53. The van der Waals surface area contributed by atoms with E-state index in [4.69, 9.17) is 0 Å². The summed E-state index contributed by atoms with van der Waals surface area (Å²) in [7, 11) is 0. The molecule has 0 aliphatic heterocycles. The van der Waals surface area contributed by atoms with E-state index in [1.807, 2.05) is 13.0 Å². The molecule has 0 aromatic heterocycles. The van der Waals surface area contributed by atoms with Gasteiger partial charge in [-0.1, -0.05) is 37.3 Å². The number of carbonyl (C=O) groups excluding carboxylic acids is 2. The second-order valence-electron chi connectivity index (χ2n) is 5.00. The van der Waals surface area contributed by atoms with Gasteiger partial charge in [-0.25, -0.2) is 0 Å². The van der Waals surface area contributed by atoms with Crippen LogP contribution in [0.1, 0.15) is 36.5 Å². The Labute approximate surface area is 113 Å². The number of imide groups is 1. The van der Waals surface area contributed by atoms with Crippen LogP contribution in [0.5, 0.6) is 0 Å². The van der Waals surface area contributed by atoms with Crippen LogP contribution in [0.2, 0.25) is 0 Å². The van der Waals surface area contributed by atoms with Gasteiger partial charge in [-0.3, -0.25) is 14.9 Å². The number of hydrogen-bond donors (Lipinski definition) is 1. The number of allylic oxidation sites excluding steroid dienone is 2. The van der Waals surface area contributed by atoms with Gasteiger partial charge in [-0.05, 0) is 37.3 Å². The fraction of sp³-hybridized carbons (Fsp3) is 0.375. The van der Waals surface area contributed by atoms with Crippen LogP contribution >= 0.6 is 0 Å². The molecule has 1 aliphatic carbocycles. The maximum atomic E-state index is 12.1. The van der Waals surface area contributed by atoms with E-state index >= 15 is 0 Å². The van der Waals surface area contributed by atoms with Gasteiger partial charge in [-0.15, -0.1) is 0 Å². The van der Waals surface area contributed by atoms with E-state index in [1.54, 1.807) is 24.3 Å². The molecule has 0 heterocycles. The molecule has 0 radical (unpaired) electrons. The predicted molar refractivity (Wildman–Crippen MR) is 74.6 cm³/mol. The predicted octanol–water partition coefficient (Wildman–Crippen LogP) is 2.94. The second kappa shape index (κ2) is 6.32. The van der Waals surface area contributed by atoms with Crippen LogP contribution in [-0.4, -0.2) is 11.8 Å². The quantitative estimate of drug-likeness (QED) is 0.846. The van der Waals surface area contributed by atoms with Crippen LogP contribution in [0.15, 0.2) is 42.5 Å². The number of carbonyl (C=O) groups is 2. The van der Waals surface area contributed by atoms with Gasteiger partial charge < -0.3 is 0 Å². The van der Waals surface area contributed by atoms with Crippen molar-refractivity contribution >= 4 is 11.8 Å². The Kier molecular flexibility index (Phi) is 4.50. The molecule has 100 valence electrons. The lowest BCUT2D eigenvalue weighted by Gasteiger charge is -2.22. The van der Waals surface area contributed by atoms with Crippen molar-refractivity contribution in [1.82, 2.24) is 5.32 Å². The molecule has 1 aromatic rings. The van der Waals surface area contributed by atoms with Crippen LogP contribution in [0.25, 0.3) is 0 Å². The minimum absolute atomic E-state index is 0.163. The molecule has 1 N–H and O–H groups in total. The van der Waals surface area contributed by atoms with Gasteiger partial charge in [0.05, 0.1) is 0 Å². The molecule has 0 bridgehead atoms. The van der Waals surface area contributed by atoms with Crippen molar-refractivity contribution < 1.29 is 9.59 Å². The van der Waals surface area contributed by atoms with E-state index in [0.717, 1.165) is 19.3 Å². The van der Waals surface area contributed by atoms with Crippen LogP contribution in [-0.2, 0) is 4.79 Å². The number of nitrogens with one attached hydrogen (secondary N) is 1. The van der Waals surface area contributed by atoms with Crippen molar-refractivity contribution in [3.63, 3.8) is 0 Å². The van der Waals surface area contributed by atoms with Crippen LogP contribution in [0.4, 0.5) is 0 Å². The molecule has 3 heteroatoms. The van der Waals surface area contributed by atoms with Crippen molar-refractivity contribution in [3.8, 4) is 0 Å². The summed E-state index contributed by atoms with van der Waals surface area (Å²) in [5, 5.41) is 2.48. The average Bonchev–Trinajstić information content (AvgIpc) is 2.48. The summed E-state index contributed by atoms with van der Waals surface area (Å²) in [5.74, 6) is -0.427. The molecule has 2 rings (SSSR count). The molecule has 1 aromatic carbocycles. The molecular formula is C16H19NO2. The zero-order valence-electron chi connectivity index (χ0n) is 11.1. The summed E-state index contributed by atoms with van der Waals surface area (Å²) in [6, 6.07) is 8.81. The summed E-state index contributed by atoms with van der Waals surface area (Å²) in [4.78, 5) is 24.0. The third-order valence-corrected chi connectivity index (χ3v) is 3.62. The first-order chi connectivity index (χ1) is 9.18. The molecule has 0 saturated heterocycles. The molecular weight excluding hydrogens is 238 g/mol. The maximum Gasteiger partial charge on any atom is 0.257 e. The highest BCUT2D eigenvalue weighted by atomic mass is 16.2. The second-order valence-corrected chi connectivity index (χ2v) is 5.00. The highest BCUT2D eigenvalue weighted by molar-refractivity contribution is 6.05. The molecule has 0 spiro atoms. The Balaban J connectivity index is 1.95. The molecule has 0 saturated carbocycles. The summed E-state index contributed by atoms with van der Waals surface area (Å²) >= 11 is 0. The molecule has 2 atom stereocenters. The Hall–Kier alpha value is -1.90. The third-order valence-electron chi connectivity index (χ3n) is 3.62. The molecule has 1 aliphatic rings. The van der Waals surface area contributed by atoms with E-state index in [0.29, 0.717) is 5.56 Å². The largest absolute Gasteiger partial charge is 0.292 e. The SMILES string of the molecule is CC(C(=O)NC(=O)c1ccccc1)C1C=CCCC1. The smallest absolute Gasteiger partial charge is 0.257 e. The van der Waals surface area contributed by atoms with E-state index in [2.05, 4.69) is 17.5 Å². The highest BCUT2D eigenvalue weighted by Gasteiger charge is 2.24. The fourth-order valence-electron chi connectivity index (χ4n) is 2.34. The van der Waals surface area contributed by atoms with Gasteiger partial charge in [-0.2, -0.15) is 0 Å². The maximum absolute atomic E-state index is 12.1. The highest BCUT2D eigenvalue weighted by Crippen LogP contribution is 2.24. The number of rotatable bonds is 3. The van der Waals surface area contributed by atoms with Gasteiger partial charge in [0.15, 0.2) is 0 Å². The van der Waals surface area contributed by atoms with Crippen molar-refractivity contribution in [2.45, 2.75) is 26.2 Å². The van der Waals surface area contributed by atoms with Gasteiger partial charge in [0.25, 0.3) is 5.91 Å². The summed E-state index contributed by atoms with van der Waals surface area (Å²) in [6.07, 6.45) is 7.45. The van der Waals surface area contributed by atoms with Gasteiger partial charge in [0.2, 0.25) is 5.91 Å². The lowest BCUT2D eigenvalue weighted by Crippen LogP contribution is -2.37. The minimum Gasteiger partial charge on any atom is -0.292 e. The number of amides is 2. The monoisotopic (exact) mass is 257 g/mol. The molecule has 2 amide bonds. The van der Waals surface area contributed by atoms with Gasteiger partial charge >= 0.3 is 0 Å². The summed E-state index contributed by atoms with van der Waals surface area (Å²) < 4.78 is 0. The van der Waals surface area contributed by atoms with Gasteiger partial charge in [0, 0.05) is 11.5 Å². The lowest BCUT2D eigenvalue weighted by molar-refractivity contribution is -0.124. The van der Waals surface area contributed by atoms with Crippen molar-refractivity contribution in [3.05, 3.63) is 48.0 Å².